The van der Waals surface area contributed by atoms with Crippen molar-refractivity contribution in [1.82, 2.24) is 4.98 Å². The van der Waals surface area contributed by atoms with E-state index in [0.717, 1.165) is 4.90 Å². The molecule has 0 unspecified atom stereocenters. The van der Waals surface area contributed by atoms with Crippen molar-refractivity contribution in [3.63, 3.8) is 0 Å². The lowest BCUT2D eigenvalue weighted by Crippen LogP contribution is -2.29. The predicted molar refractivity (Wildman–Crippen MR) is 71.2 cm³/mol. The maximum absolute atomic E-state index is 12.2. The van der Waals surface area contributed by atoms with Crippen molar-refractivity contribution in [1.29, 1.82) is 0 Å². The van der Waals surface area contributed by atoms with Gasteiger partial charge in [-0.3, -0.25) is 14.6 Å². The number of amides is 2. The molecular formula is C13H8ClN3O2. The number of nitrogens with zero attached hydrogens (tertiary/aromatic N) is 2. The fourth-order valence-corrected chi connectivity index (χ4v) is 2.21. The van der Waals surface area contributed by atoms with Gasteiger partial charge >= 0.3 is 0 Å². The monoisotopic (exact) mass is 273 g/mol. The van der Waals surface area contributed by atoms with Crippen LogP contribution in [0, 0.1) is 0 Å². The fourth-order valence-electron chi connectivity index (χ4n) is 2.00. The number of imide groups is 1. The third-order valence-electron chi connectivity index (χ3n) is 2.90. The van der Waals surface area contributed by atoms with Gasteiger partial charge in [0.15, 0.2) is 0 Å². The first kappa shape index (κ1) is 11.7. The normalized spacial score (nSPS) is 13.8. The molecule has 0 atom stereocenters. The van der Waals surface area contributed by atoms with Gasteiger partial charge in [0, 0.05) is 18.1 Å². The van der Waals surface area contributed by atoms with Gasteiger partial charge in [-0.2, -0.15) is 0 Å². The Morgan fingerprint density at radius 2 is 1.84 bits per heavy atom. The first-order chi connectivity index (χ1) is 9.09. The second-order valence-corrected chi connectivity index (χ2v) is 4.49. The van der Waals surface area contributed by atoms with Crippen LogP contribution in [0.25, 0.3) is 0 Å². The average molecular weight is 274 g/mol. The molecule has 2 amide bonds. The number of benzene rings is 1. The Labute approximate surface area is 113 Å². The number of aromatic nitrogens is 1. The second-order valence-electron chi connectivity index (χ2n) is 4.08. The summed E-state index contributed by atoms with van der Waals surface area (Å²) in [6.07, 6.45) is 2.84. The Bertz CT molecular complexity index is 680. The van der Waals surface area contributed by atoms with Gasteiger partial charge < -0.3 is 5.73 Å². The van der Waals surface area contributed by atoms with Crippen LogP contribution in [0.2, 0.25) is 5.02 Å². The Morgan fingerprint density at radius 3 is 2.58 bits per heavy atom. The Hall–Kier alpha value is -2.40. The zero-order chi connectivity index (χ0) is 13.6. The van der Waals surface area contributed by atoms with Crippen LogP contribution in [0.4, 0.5) is 11.4 Å². The van der Waals surface area contributed by atoms with E-state index in [0.29, 0.717) is 11.3 Å². The van der Waals surface area contributed by atoms with Crippen molar-refractivity contribution < 1.29 is 9.59 Å². The number of halogens is 1. The molecule has 0 spiro atoms. The predicted octanol–water partition coefficient (Wildman–Crippen LogP) is 2.12. The minimum atomic E-state index is -0.444. The van der Waals surface area contributed by atoms with Crippen LogP contribution < -0.4 is 10.6 Å². The Morgan fingerprint density at radius 1 is 1.11 bits per heavy atom. The van der Waals surface area contributed by atoms with Gasteiger partial charge in [0.05, 0.1) is 21.8 Å². The highest BCUT2D eigenvalue weighted by molar-refractivity contribution is 6.39. The van der Waals surface area contributed by atoms with Crippen molar-refractivity contribution in [2.75, 3.05) is 10.6 Å². The molecule has 1 aliphatic rings. The number of fused-ring (bicyclic) bond motifs is 1. The molecule has 0 aliphatic carbocycles. The second kappa shape index (κ2) is 4.07. The number of nitrogens with two attached hydrogens (primary N) is 1. The van der Waals surface area contributed by atoms with E-state index in [9.17, 15) is 9.59 Å². The molecular weight excluding hydrogens is 266 g/mol. The number of hydrogen-bond donors (Lipinski definition) is 1. The zero-order valence-electron chi connectivity index (χ0n) is 9.63. The van der Waals surface area contributed by atoms with Gasteiger partial charge in [0.1, 0.15) is 0 Å². The summed E-state index contributed by atoms with van der Waals surface area (Å²) in [6.45, 7) is 0. The van der Waals surface area contributed by atoms with Crippen molar-refractivity contribution in [3.05, 3.63) is 52.8 Å². The van der Waals surface area contributed by atoms with Crippen molar-refractivity contribution in [3.8, 4) is 0 Å². The van der Waals surface area contributed by atoms with Crippen molar-refractivity contribution in [2.45, 2.75) is 0 Å². The summed E-state index contributed by atoms with van der Waals surface area (Å²) >= 11 is 6.03. The van der Waals surface area contributed by atoms with Crippen LogP contribution in [0.15, 0.2) is 36.7 Å². The van der Waals surface area contributed by atoms with Crippen LogP contribution in [-0.4, -0.2) is 16.8 Å². The van der Waals surface area contributed by atoms with Crippen LogP contribution in [0.3, 0.4) is 0 Å². The first-order valence-corrected chi connectivity index (χ1v) is 5.85. The molecule has 0 saturated carbocycles. The van der Waals surface area contributed by atoms with Gasteiger partial charge in [-0.15, -0.1) is 0 Å². The van der Waals surface area contributed by atoms with Gasteiger partial charge in [-0.25, -0.2) is 4.90 Å². The van der Waals surface area contributed by atoms with Gasteiger partial charge in [-0.1, -0.05) is 11.6 Å². The maximum atomic E-state index is 12.2. The molecule has 6 heteroatoms. The van der Waals surface area contributed by atoms with E-state index in [1.807, 2.05) is 0 Å². The number of pyridine rings is 1. The molecule has 0 saturated heterocycles. The smallest absolute Gasteiger partial charge is 0.267 e. The first-order valence-electron chi connectivity index (χ1n) is 5.47. The highest BCUT2D eigenvalue weighted by atomic mass is 35.5. The standard InChI is InChI=1S/C13H8ClN3O2/c14-10-2-1-7(15)5-11(10)17-12(18)8-3-4-16-6-9(8)13(17)19/h1-6H,15H2. The minimum absolute atomic E-state index is 0.269. The quantitative estimate of drug-likeness (QED) is 0.638. The third kappa shape index (κ3) is 1.67. The molecule has 0 radical (unpaired) electrons. The Balaban J connectivity index is 2.17. The maximum Gasteiger partial charge on any atom is 0.267 e. The van der Waals surface area contributed by atoms with E-state index >= 15 is 0 Å². The summed E-state index contributed by atoms with van der Waals surface area (Å²) in [5.41, 5.74) is 6.97. The van der Waals surface area contributed by atoms with E-state index < -0.39 is 11.8 Å². The van der Waals surface area contributed by atoms with E-state index in [4.69, 9.17) is 17.3 Å². The van der Waals surface area contributed by atoms with E-state index in [1.54, 1.807) is 12.1 Å². The van der Waals surface area contributed by atoms with Crippen molar-refractivity contribution in [2.24, 2.45) is 0 Å². The number of rotatable bonds is 1. The van der Waals surface area contributed by atoms with E-state index in [2.05, 4.69) is 4.98 Å². The molecule has 5 nitrogen and oxygen atoms in total. The minimum Gasteiger partial charge on any atom is -0.399 e. The average Bonchev–Trinajstić information content (AvgIpc) is 2.66. The molecule has 1 aliphatic heterocycles. The summed E-state index contributed by atoms with van der Waals surface area (Å²) in [5, 5.41) is 0.289. The summed E-state index contributed by atoms with van der Waals surface area (Å²) in [6, 6.07) is 6.16. The molecule has 94 valence electrons. The topological polar surface area (TPSA) is 76.3 Å². The van der Waals surface area contributed by atoms with Gasteiger partial charge in [0.2, 0.25) is 0 Å². The number of hydrogen-bond acceptors (Lipinski definition) is 4. The fraction of sp³-hybridized carbons (Fsp3) is 0. The lowest BCUT2D eigenvalue weighted by molar-refractivity contribution is 0.0926. The molecule has 2 aromatic rings. The van der Waals surface area contributed by atoms with E-state index in [1.165, 1.54) is 24.5 Å². The summed E-state index contributed by atoms with van der Waals surface area (Å²) in [4.78, 5) is 29.4. The number of carbonyl (C=O) groups is 2. The zero-order valence-corrected chi connectivity index (χ0v) is 10.4. The lowest BCUT2D eigenvalue weighted by Gasteiger charge is -2.15. The van der Waals surface area contributed by atoms with Crippen LogP contribution in [-0.2, 0) is 0 Å². The SMILES string of the molecule is Nc1ccc(Cl)c(N2C(=O)c3ccncc3C2=O)c1. The number of carbonyl (C=O) groups excluding carboxylic acids is 2. The van der Waals surface area contributed by atoms with Gasteiger partial charge in [-0.05, 0) is 24.3 Å². The molecule has 2 N–H and O–H groups in total. The molecule has 0 fully saturated rings. The highest BCUT2D eigenvalue weighted by Crippen LogP contribution is 2.34. The van der Waals surface area contributed by atoms with Gasteiger partial charge in [0.25, 0.3) is 11.8 Å². The molecule has 1 aromatic carbocycles. The Kier molecular flexibility index (Phi) is 2.50. The van der Waals surface area contributed by atoms with Crippen LogP contribution in [0.5, 0.6) is 0 Å². The highest BCUT2D eigenvalue weighted by Gasteiger charge is 2.37. The molecule has 19 heavy (non-hydrogen) atoms. The van der Waals surface area contributed by atoms with E-state index in [-0.39, 0.29) is 16.3 Å². The molecule has 0 bridgehead atoms. The number of nitrogen functional groups attached to an aromatic ring is 1. The molecule has 1 aromatic heterocycles. The summed E-state index contributed by atoms with van der Waals surface area (Å²) < 4.78 is 0. The largest absolute Gasteiger partial charge is 0.399 e. The van der Waals surface area contributed by atoms with Crippen LogP contribution in [0.1, 0.15) is 20.7 Å². The third-order valence-corrected chi connectivity index (χ3v) is 3.22. The summed E-state index contributed by atoms with van der Waals surface area (Å²) in [7, 11) is 0. The summed E-state index contributed by atoms with van der Waals surface area (Å²) in [5.74, 6) is -0.865. The van der Waals surface area contributed by atoms with Crippen molar-refractivity contribution >= 4 is 34.8 Å². The van der Waals surface area contributed by atoms with Crippen LogP contribution >= 0.6 is 11.6 Å². The molecule has 2 heterocycles. The molecule has 3 rings (SSSR count). The lowest BCUT2D eigenvalue weighted by atomic mass is 10.2. The number of anilines is 2.